The minimum absolute atomic E-state index is 0.0821. The van der Waals surface area contributed by atoms with Gasteiger partial charge in [0.05, 0.1) is 19.9 Å². The Balaban J connectivity index is 1.17. The topological polar surface area (TPSA) is 89.0 Å². The standard InChI is InChI=1S/C22H24N2O7/c1-25-19-7-14(20(26-2)22-21(19)29-12-30-22)6-16-8-15(24-31-16)10-23-9-13-3-4-17-18(5-13)28-11-27-17/h3-5,7,16,23H,6,8-12H2,1-2H3. The van der Waals surface area contributed by atoms with Gasteiger partial charge in [0.25, 0.3) is 0 Å². The van der Waals surface area contributed by atoms with E-state index < -0.39 is 0 Å². The molecule has 0 bridgehead atoms. The van der Waals surface area contributed by atoms with E-state index in [-0.39, 0.29) is 19.7 Å². The summed E-state index contributed by atoms with van der Waals surface area (Å²) >= 11 is 0. The summed E-state index contributed by atoms with van der Waals surface area (Å²) in [5.74, 6) is 3.98. The van der Waals surface area contributed by atoms with Crippen molar-refractivity contribution < 1.29 is 33.3 Å². The number of nitrogens with zero attached hydrogens (tertiary/aromatic N) is 1. The molecule has 0 saturated carbocycles. The van der Waals surface area contributed by atoms with E-state index in [2.05, 4.69) is 10.5 Å². The summed E-state index contributed by atoms with van der Waals surface area (Å²) in [5.41, 5.74) is 3.02. The van der Waals surface area contributed by atoms with Crippen molar-refractivity contribution in [3.8, 4) is 34.5 Å². The number of fused-ring (bicyclic) bond motifs is 2. The van der Waals surface area contributed by atoms with Crippen LogP contribution in [0.5, 0.6) is 34.5 Å². The molecule has 0 radical (unpaired) electrons. The van der Waals surface area contributed by atoms with Crippen molar-refractivity contribution in [3.05, 3.63) is 35.4 Å². The molecule has 0 amide bonds. The number of rotatable bonds is 8. The lowest BCUT2D eigenvalue weighted by Gasteiger charge is -2.15. The largest absolute Gasteiger partial charge is 0.493 e. The van der Waals surface area contributed by atoms with Gasteiger partial charge in [0.15, 0.2) is 23.0 Å². The molecule has 0 aromatic heterocycles. The Kier molecular flexibility index (Phi) is 5.33. The first-order chi connectivity index (χ1) is 15.2. The highest BCUT2D eigenvalue weighted by atomic mass is 16.7. The minimum atomic E-state index is -0.0821. The number of benzene rings is 2. The van der Waals surface area contributed by atoms with Crippen molar-refractivity contribution >= 4 is 5.71 Å². The number of methoxy groups -OCH3 is 2. The van der Waals surface area contributed by atoms with Crippen molar-refractivity contribution in [1.82, 2.24) is 5.32 Å². The molecule has 164 valence electrons. The molecule has 1 atom stereocenters. The highest BCUT2D eigenvalue weighted by Gasteiger charge is 2.30. The maximum atomic E-state index is 5.67. The van der Waals surface area contributed by atoms with E-state index in [1.165, 1.54) is 0 Å². The normalized spacial score (nSPS) is 18.0. The first-order valence-electron chi connectivity index (χ1n) is 10.1. The summed E-state index contributed by atoms with van der Waals surface area (Å²) in [6.45, 7) is 1.77. The van der Waals surface area contributed by atoms with Crippen molar-refractivity contribution in [2.24, 2.45) is 5.16 Å². The molecule has 1 N–H and O–H groups in total. The minimum Gasteiger partial charge on any atom is -0.493 e. The van der Waals surface area contributed by atoms with Gasteiger partial charge < -0.3 is 38.6 Å². The Bertz CT molecular complexity index is 1010. The second kappa shape index (κ2) is 8.43. The smallest absolute Gasteiger partial charge is 0.231 e. The molecular weight excluding hydrogens is 404 g/mol. The Labute approximate surface area is 179 Å². The zero-order chi connectivity index (χ0) is 21.2. The van der Waals surface area contributed by atoms with Gasteiger partial charge in [-0.05, 0) is 23.8 Å². The average Bonchev–Trinajstić information content (AvgIpc) is 3.54. The molecule has 2 aromatic rings. The molecule has 3 aliphatic rings. The lowest BCUT2D eigenvalue weighted by molar-refractivity contribution is 0.0853. The van der Waals surface area contributed by atoms with E-state index >= 15 is 0 Å². The van der Waals surface area contributed by atoms with Crippen molar-refractivity contribution in [1.29, 1.82) is 0 Å². The van der Waals surface area contributed by atoms with Crippen LogP contribution in [0.25, 0.3) is 0 Å². The van der Waals surface area contributed by atoms with E-state index in [0.29, 0.717) is 42.5 Å². The summed E-state index contributed by atoms with van der Waals surface area (Å²) < 4.78 is 32.9. The number of hydrogen-bond acceptors (Lipinski definition) is 9. The lowest BCUT2D eigenvalue weighted by atomic mass is 10.0. The van der Waals surface area contributed by atoms with Gasteiger partial charge in [-0.15, -0.1) is 0 Å². The van der Waals surface area contributed by atoms with Gasteiger partial charge in [-0.3, -0.25) is 0 Å². The first kappa shape index (κ1) is 19.6. The molecule has 0 fully saturated rings. The van der Waals surface area contributed by atoms with Crippen LogP contribution < -0.4 is 33.7 Å². The Morgan fingerprint density at radius 2 is 1.81 bits per heavy atom. The van der Waals surface area contributed by atoms with Crippen LogP contribution in [0.15, 0.2) is 29.4 Å². The molecule has 0 aliphatic carbocycles. The molecule has 9 nitrogen and oxygen atoms in total. The predicted molar refractivity (Wildman–Crippen MR) is 111 cm³/mol. The predicted octanol–water partition coefficient (Wildman–Crippen LogP) is 2.64. The average molecular weight is 428 g/mol. The fraction of sp³-hybridized carbons (Fsp3) is 0.409. The molecule has 0 spiro atoms. The zero-order valence-electron chi connectivity index (χ0n) is 17.4. The van der Waals surface area contributed by atoms with Gasteiger partial charge in [0, 0.05) is 31.5 Å². The van der Waals surface area contributed by atoms with E-state index in [1.54, 1.807) is 14.2 Å². The second-order valence-corrected chi connectivity index (χ2v) is 7.42. The summed E-state index contributed by atoms with van der Waals surface area (Å²) in [6.07, 6.45) is 1.26. The van der Waals surface area contributed by atoms with Gasteiger partial charge in [0.1, 0.15) is 6.10 Å². The SMILES string of the molecule is COc1cc(CC2CC(CNCc3ccc4c(c3)OCO4)=NO2)c(OC)c2c1OCO2. The van der Waals surface area contributed by atoms with Crippen LogP contribution in [0.4, 0.5) is 0 Å². The maximum Gasteiger partial charge on any atom is 0.231 e. The van der Waals surface area contributed by atoms with Crippen molar-refractivity contribution in [3.63, 3.8) is 0 Å². The zero-order valence-corrected chi connectivity index (χ0v) is 17.4. The maximum absolute atomic E-state index is 5.67. The summed E-state index contributed by atoms with van der Waals surface area (Å²) in [4.78, 5) is 5.67. The van der Waals surface area contributed by atoms with Gasteiger partial charge in [0.2, 0.25) is 25.1 Å². The van der Waals surface area contributed by atoms with Gasteiger partial charge in [-0.2, -0.15) is 0 Å². The van der Waals surface area contributed by atoms with Crippen LogP contribution in [0.3, 0.4) is 0 Å². The van der Waals surface area contributed by atoms with Crippen LogP contribution >= 0.6 is 0 Å². The van der Waals surface area contributed by atoms with Crippen LogP contribution in [0.2, 0.25) is 0 Å². The molecule has 3 aliphatic heterocycles. The summed E-state index contributed by atoms with van der Waals surface area (Å²) in [7, 11) is 3.22. The molecule has 9 heteroatoms. The van der Waals surface area contributed by atoms with E-state index in [0.717, 1.165) is 34.8 Å². The molecule has 1 unspecified atom stereocenters. The molecule has 2 aromatic carbocycles. The fourth-order valence-electron chi connectivity index (χ4n) is 3.94. The quantitative estimate of drug-likeness (QED) is 0.687. The number of nitrogens with one attached hydrogen (secondary N) is 1. The van der Waals surface area contributed by atoms with E-state index in [1.807, 2.05) is 24.3 Å². The second-order valence-electron chi connectivity index (χ2n) is 7.42. The Morgan fingerprint density at radius 3 is 2.68 bits per heavy atom. The van der Waals surface area contributed by atoms with E-state index in [4.69, 9.17) is 33.3 Å². The highest BCUT2D eigenvalue weighted by molar-refractivity contribution is 5.87. The van der Waals surface area contributed by atoms with Crippen molar-refractivity contribution in [2.75, 3.05) is 34.4 Å². The third kappa shape index (κ3) is 3.88. The molecule has 0 saturated heterocycles. The summed E-state index contributed by atoms with van der Waals surface area (Å²) in [5, 5.41) is 7.66. The lowest BCUT2D eigenvalue weighted by Crippen LogP contribution is -2.23. The van der Waals surface area contributed by atoms with Crippen LogP contribution in [0, 0.1) is 0 Å². The number of ether oxygens (including phenoxy) is 6. The van der Waals surface area contributed by atoms with Gasteiger partial charge in [-0.25, -0.2) is 0 Å². The van der Waals surface area contributed by atoms with Gasteiger partial charge in [-0.1, -0.05) is 11.2 Å². The third-order valence-electron chi connectivity index (χ3n) is 5.40. The fourth-order valence-corrected chi connectivity index (χ4v) is 3.94. The third-order valence-corrected chi connectivity index (χ3v) is 5.40. The molecular formula is C22H24N2O7. The highest BCUT2D eigenvalue weighted by Crippen LogP contribution is 2.50. The summed E-state index contributed by atoms with van der Waals surface area (Å²) in [6, 6.07) is 7.85. The van der Waals surface area contributed by atoms with E-state index in [9.17, 15) is 0 Å². The van der Waals surface area contributed by atoms with Crippen LogP contribution in [-0.4, -0.2) is 46.2 Å². The van der Waals surface area contributed by atoms with Gasteiger partial charge >= 0.3 is 0 Å². The number of hydrogen-bond donors (Lipinski definition) is 1. The first-order valence-corrected chi connectivity index (χ1v) is 10.1. The Hall–Kier alpha value is -3.33. The Morgan fingerprint density at radius 1 is 0.968 bits per heavy atom. The van der Waals surface area contributed by atoms with Crippen LogP contribution in [0.1, 0.15) is 17.5 Å². The van der Waals surface area contributed by atoms with Crippen LogP contribution in [-0.2, 0) is 17.8 Å². The number of oxime groups is 1. The molecule has 5 rings (SSSR count). The van der Waals surface area contributed by atoms with Crippen molar-refractivity contribution in [2.45, 2.75) is 25.5 Å². The molecule has 31 heavy (non-hydrogen) atoms. The molecule has 3 heterocycles. The monoisotopic (exact) mass is 428 g/mol.